The summed E-state index contributed by atoms with van der Waals surface area (Å²) in [6.45, 7) is 9.32. The summed E-state index contributed by atoms with van der Waals surface area (Å²) in [5.74, 6) is 0.440. The van der Waals surface area contributed by atoms with E-state index in [9.17, 15) is 5.26 Å². The zero-order chi connectivity index (χ0) is 14.5. The number of nitrogens with one attached hydrogen (secondary N) is 1. The molecule has 1 aliphatic rings. The van der Waals surface area contributed by atoms with Crippen molar-refractivity contribution in [2.45, 2.75) is 64.1 Å². The predicted octanol–water partition coefficient (Wildman–Crippen LogP) is 2.49. The summed E-state index contributed by atoms with van der Waals surface area (Å²) in [5, 5.41) is 12.9. The second kappa shape index (κ2) is 6.69. The Bertz CT molecular complexity index is 319. The fraction of sp³-hybridized carbons (Fsp3) is 0.933. The molecular formula is C15H28N2O2. The van der Waals surface area contributed by atoms with Crippen LogP contribution in [0.25, 0.3) is 0 Å². The van der Waals surface area contributed by atoms with Crippen LogP contribution in [0.2, 0.25) is 0 Å². The van der Waals surface area contributed by atoms with Gasteiger partial charge in [0.15, 0.2) is 0 Å². The molecule has 0 aromatic heterocycles. The molecule has 0 heterocycles. The van der Waals surface area contributed by atoms with Gasteiger partial charge in [0.2, 0.25) is 0 Å². The van der Waals surface area contributed by atoms with Crippen LogP contribution in [0.1, 0.15) is 47.0 Å². The lowest BCUT2D eigenvalue weighted by atomic mass is 9.95. The van der Waals surface area contributed by atoms with E-state index in [0.717, 1.165) is 19.3 Å². The Labute approximate surface area is 117 Å². The molecule has 4 heteroatoms. The van der Waals surface area contributed by atoms with E-state index in [-0.39, 0.29) is 5.60 Å². The van der Waals surface area contributed by atoms with Gasteiger partial charge in [-0.2, -0.15) is 5.26 Å². The standard InChI is InChI=1S/C15H28N2O2/c1-12(2)17-15(10-16,13-6-7-13)11-19-9-8-14(3,4)18-5/h12-13,17H,6-9,11H2,1-5H3. The van der Waals surface area contributed by atoms with Gasteiger partial charge in [-0.15, -0.1) is 0 Å². The fourth-order valence-corrected chi connectivity index (χ4v) is 2.18. The van der Waals surface area contributed by atoms with E-state index in [4.69, 9.17) is 9.47 Å². The van der Waals surface area contributed by atoms with Gasteiger partial charge < -0.3 is 9.47 Å². The van der Waals surface area contributed by atoms with E-state index in [1.54, 1.807) is 7.11 Å². The van der Waals surface area contributed by atoms with E-state index in [0.29, 0.717) is 25.2 Å². The zero-order valence-electron chi connectivity index (χ0n) is 13.0. The summed E-state index contributed by atoms with van der Waals surface area (Å²) in [5.41, 5.74) is -0.675. The van der Waals surface area contributed by atoms with Crippen LogP contribution in [-0.2, 0) is 9.47 Å². The summed E-state index contributed by atoms with van der Waals surface area (Å²) in [7, 11) is 1.71. The van der Waals surface area contributed by atoms with Gasteiger partial charge in [-0.05, 0) is 52.9 Å². The van der Waals surface area contributed by atoms with Crippen LogP contribution in [-0.4, -0.2) is 37.5 Å². The van der Waals surface area contributed by atoms with E-state index < -0.39 is 5.54 Å². The summed E-state index contributed by atoms with van der Waals surface area (Å²) in [4.78, 5) is 0. The summed E-state index contributed by atoms with van der Waals surface area (Å²) in [6.07, 6.45) is 3.08. The maximum Gasteiger partial charge on any atom is 0.133 e. The molecule has 0 aromatic rings. The third kappa shape index (κ3) is 5.10. The van der Waals surface area contributed by atoms with Crippen molar-refractivity contribution >= 4 is 0 Å². The quantitative estimate of drug-likeness (QED) is 0.653. The fourth-order valence-electron chi connectivity index (χ4n) is 2.18. The number of nitriles is 1. The van der Waals surface area contributed by atoms with Crippen LogP contribution in [0.3, 0.4) is 0 Å². The summed E-state index contributed by atoms with van der Waals surface area (Å²) >= 11 is 0. The minimum Gasteiger partial charge on any atom is -0.379 e. The predicted molar refractivity (Wildman–Crippen MR) is 75.9 cm³/mol. The van der Waals surface area contributed by atoms with Crippen molar-refractivity contribution in [1.29, 1.82) is 5.26 Å². The first-order valence-electron chi connectivity index (χ1n) is 7.17. The average Bonchev–Trinajstić information content (AvgIpc) is 3.17. The summed E-state index contributed by atoms with van der Waals surface area (Å²) < 4.78 is 11.1. The molecule has 1 rings (SSSR count). The van der Waals surface area contributed by atoms with Gasteiger partial charge in [-0.25, -0.2) is 0 Å². The monoisotopic (exact) mass is 268 g/mol. The van der Waals surface area contributed by atoms with E-state index >= 15 is 0 Å². The first-order chi connectivity index (χ1) is 8.85. The Morgan fingerprint density at radius 3 is 2.42 bits per heavy atom. The second-order valence-electron chi connectivity index (χ2n) is 6.42. The van der Waals surface area contributed by atoms with Gasteiger partial charge in [-0.1, -0.05) is 0 Å². The van der Waals surface area contributed by atoms with Crippen LogP contribution >= 0.6 is 0 Å². The lowest BCUT2D eigenvalue weighted by molar-refractivity contribution is -0.0172. The Morgan fingerprint density at radius 2 is 2.00 bits per heavy atom. The molecule has 0 bridgehead atoms. The third-order valence-corrected chi connectivity index (χ3v) is 3.75. The molecule has 1 fully saturated rings. The molecule has 0 amide bonds. The van der Waals surface area contributed by atoms with Crippen molar-refractivity contribution in [3.05, 3.63) is 0 Å². The Morgan fingerprint density at radius 1 is 1.37 bits per heavy atom. The second-order valence-corrected chi connectivity index (χ2v) is 6.42. The van der Waals surface area contributed by atoms with E-state index in [1.807, 2.05) is 13.8 Å². The minimum absolute atomic E-state index is 0.166. The molecule has 0 radical (unpaired) electrons. The number of hydrogen-bond donors (Lipinski definition) is 1. The van der Waals surface area contributed by atoms with Gasteiger partial charge >= 0.3 is 0 Å². The number of hydrogen-bond acceptors (Lipinski definition) is 4. The van der Waals surface area contributed by atoms with Crippen molar-refractivity contribution in [3.8, 4) is 6.07 Å². The maximum atomic E-state index is 9.52. The first kappa shape index (κ1) is 16.4. The van der Waals surface area contributed by atoms with Crippen LogP contribution in [0.15, 0.2) is 0 Å². The SMILES string of the molecule is COC(C)(C)CCOCC(C#N)(NC(C)C)C1CC1. The van der Waals surface area contributed by atoms with Crippen molar-refractivity contribution in [1.82, 2.24) is 5.32 Å². The maximum absolute atomic E-state index is 9.52. The highest BCUT2D eigenvalue weighted by Crippen LogP contribution is 2.40. The molecule has 0 aromatic carbocycles. The van der Waals surface area contributed by atoms with Gasteiger partial charge in [0.25, 0.3) is 0 Å². The molecule has 0 aliphatic heterocycles. The molecule has 0 spiro atoms. The molecule has 0 saturated heterocycles. The highest BCUT2D eigenvalue weighted by Gasteiger charge is 2.46. The van der Waals surface area contributed by atoms with Crippen LogP contribution in [0, 0.1) is 17.2 Å². The number of rotatable bonds is 9. The number of nitrogens with zero attached hydrogens (tertiary/aromatic N) is 1. The number of ether oxygens (including phenoxy) is 2. The van der Waals surface area contributed by atoms with Crippen LogP contribution in [0.5, 0.6) is 0 Å². The zero-order valence-corrected chi connectivity index (χ0v) is 13.0. The average molecular weight is 268 g/mol. The van der Waals surface area contributed by atoms with Crippen molar-refractivity contribution in [3.63, 3.8) is 0 Å². The largest absolute Gasteiger partial charge is 0.379 e. The van der Waals surface area contributed by atoms with Gasteiger partial charge in [0, 0.05) is 19.8 Å². The topological polar surface area (TPSA) is 54.3 Å². The highest BCUT2D eigenvalue weighted by atomic mass is 16.5. The molecule has 1 aliphatic carbocycles. The number of methoxy groups -OCH3 is 1. The molecule has 1 saturated carbocycles. The Balaban J connectivity index is 2.44. The summed E-state index contributed by atoms with van der Waals surface area (Å²) in [6, 6.07) is 2.74. The van der Waals surface area contributed by atoms with Crippen molar-refractivity contribution < 1.29 is 9.47 Å². The van der Waals surface area contributed by atoms with E-state index in [2.05, 4.69) is 25.2 Å². The lowest BCUT2D eigenvalue weighted by Crippen LogP contribution is -2.53. The molecule has 1 atom stereocenters. The molecule has 19 heavy (non-hydrogen) atoms. The van der Waals surface area contributed by atoms with Gasteiger partial charge in [0.1, 0.15) is 5.54 Å². The van der Waals surface area contributed by atoms with Crippen LogP contribution < -0.4 is 5.32 Å². The minimum atomic E-state index is -0.509. The molecule has 4 nitrogen and oxygen atoms in total. The Kier molecular flexibility index (Phi) is 5.79. The van der Waals surface area contributed by atoms with Crippen molar-refractivity contribution in [2.75, 3.05) is 20.3 Å². The Hall–Kier alpha value is -0.630. The molecule has 1 unspecified atom stereocenters. The third-order valence-electron chi connectivity index (χ3n) is 3.75. The highest BCUT2D eigenvalue weighted by molar-refractivity contribution is 5.16. The van der Waals surface area contributed by atoms with Crippen molar-refractivity contribution in [2.24, 2.45) is 5.92 Å². The van der Waals surface area contributed by atoms with Gasteiger partial charge in [-0.3, -0.25) is 5.32 Å². The molecule has 1 N–H and O–H groups in total. The molecular weight excluding hydrogens is 240 g/mol. The van der Waals surface area contributed by atoms with Gasteiger partial charge in [0.05, 0.1) is 18.3 Å². The van der Waals surface area contributed by atoms with E-state index in [1.165, 1.54) is 0 Å². The molecule has 110 valence electrons. The smallest absolute Gasteiger partial charge is 0.133 e. The lowest BCUT2D eigenvalue weighted by Gasteiger charge is -2.31. The van der Waals surface area contributed by atoms with Crippen LogP contribution in [0.4, 0.5) is 0 Å². The first-order valence-corrected chi connectivity index (χ1v) is 7.17. The normalized spacial score (nSPS) is 19.2.